The number of nitrogens with one attached hydrogen (secondary N) is 1. The molecular formula is C13H13Cl2N3. The minimum atomic E-state index is 0.523. The van der Waals surface area contributed by atoms with Crippen molar-refractivity contribution >= 4 is 46.0 Å². The fraction of sp³-hybridized carbons (Fsp3) is 0.0769. The highest BCUT2D eigenvalue weighted by atomic mass is 35.5. The molecule has 5 N–H and O–H groups in total. The molecule has 0 saturated carbocycles. The second kappa shape index (κ2) is 4.96. The highest BCUT2D eigenvalue weighted by molar-refractivity contribution is 6.35. The van der Waals surface area contributed by atoms with Crippen LogP contribution in [0.4, 0.5) is 22.7 Å². The van der Waals surface area contributed by atoms with Crippen LogP contribution in [0.5, 0.6) is 0 Å². The summed E-state index contributed by atoms with van der Waals surface area (Å²) in [4.78, 5) is 0. The maximum absolute atomic E-state index is 6.15. The Morgan fingerprint density at radius 2 is 1.67 bits per heavy atom. The lowest BCUT2D eigenvalue weighted by atomic mass is 10.2. The van der Waals surface area contributed by atoms with Crippen molar-refractivity contribution in [3.05, 3.63) is 45.9 Å². The topological polar surface area (TPSA) is 64.1 Å². The van der Waals surface area contributed by atoms with Crippen molar-refractivity contribution in [3.63, 3.8) is 0 Å². The van der Waals surface area contributed by atoms with Crippen molar-refractivity contribution in [1.82, 2.24) is 0 Å². The third-order valence-electron chi connectivity index (χ3n) is 2.61. The number of anilines is 4. The third kappa shape index (κ3) is 2.63. The van der Waals surface area contributed by atoms with Crippen LogP contribution in [-0.4, -0.2) is 0 Å². The van der Waals surface area contributed by atoms with E-state index >= 15 is 0 Å². The van der Waals surface area contributed by atoms with Crippen LogP contribution in [0.3, 0.4) is 0 Å². The number of rotatable bonds is 2. The van der Waals surface area contributed by atoms with Crippen LogP contribution >= 0.6 is 23.2 Å². The third-order valence-corrected chi connectivity index (χ3v) is 3.33. The van der Waals surface area contributed by atoms with Gasteiger partial charge < -0.3 is 16.8 Å². The maximum atomic E-state index is 6.15. The van der Waals surface area contributed by atoms with Crippen molar-refractivity contribution in [1.29, 1.82) is 0 Å². The molecular weight excluding hydrogens is 269 g/mol. The Kier molecular flexibility index (Phi) is 3.55. The van der Waals surface area contributed by atoms with Crippen molar-refractivity contribution in [2.75, 3.05) is 16.8 Å². The number of halogens is 2. The maximum Gasteiger partial charge on any atom is 0.0644 e. The van der Waals surface area contributed by atoms with E-state index in [1.54, 1.807) is 18.2 Å². The molecule has 0 radical (unpaired) electrons. The second-order valence-electron chi connectivity index (χ2n) is 4.05. The van der Waals surface area contributed by atoms with Gasteiger partial charge in [-0.15, -0.1) is 0 Å². The molecule has 0 saturated heterocycles. The van der Waals surface area contributed by atoms with E-state index in [9.17, 15) is 0 Å². The molecule has 0 unspecified atom stereocenters. The van der Waals surface area contributed by atoms with Gasteiger partial charge in [-0.1, -0.05) is 23.2 Å². The first-order valence-electron chi connectivity index (χ1n) is 5.35. The van der Waals surface area contributed by atoms with Gasteiger partial charge in [0.05, 0.1) is 22.1 Å². The van der Waals surface area contributed by atoms with Crippen LogP contribution in [0.2, 0.25) is 10.0 Å². The average Bonchev–Trinajstić information content (AvgIpc) is 2.31. The second-order valence-corrected chi connectivity index (χ2v) is 4.86. The molecule has 3 nitrogen and oxygen atoms in total. The minimum Gasteiger partial charge on any atom is -0.397 e. The molecule has 0 spiro atoms. The Labute approximate surface area is 116 Å². The zero-order valence-corrected chi connectivity index (χ0v) is 11.3. The standard InChI is InChI=1S/C13H13Cl2N3/c1-7-4-10(15)13(6-9(7)14)18-8-2-3-11(16)12(17)5-8/h2-6,18H,16-17H2,1H3. The fourth-order valence-electron chi connectivity index (χ4n) is 1.55. The van der Waals surface area contributed by atoms with E-state index in [4.69, 9.17) is 34.7 Å². The summed E-state index contributed by atoms with van der Waals surface area (Å²) in [7, 11) is 0. The largest absolute Gasteiger partial charge is 0.397 e. The lowest BCUT2D eigenvalue weighted by Crippen LogP contribution is -1.97. The first-order chi connectivity index (χ1) is 8.47. The van der Waals surface area contributed by atoms with Crippen LogP contribution < -0.4 is 16.8 Å². The molecule has 0 atom stereocenters. The van der Waals surface area contributed by atoms with E-state index in [1.165, 1.54) is 0 Å². The van der Waals surface area contributed by atoms with Gasteiger partial charge in [0.2, 0.25) is 0 Å². The van der Waals surface area contributed by atoms with Crippen molar-refractivity contribution in [2.45, 2.75) is 6.92 Å². The van der Waals surface area contributed by atoms with Gasteiger partial charge in [0.1, 0.15) is 0 Å². The number of hydrogen-bond acceptors (Lipinski definition) is 3. The molecule has 2 aromatic carbocycles. The molecule has 0 amide bonds. The molecule has 0 heterocycles. The van der Waals surface area contributed by atoms with Crippen molar-refractivity contribution in [3.8, 4) is 0 Å². The Bertz CT molecular complexity index is 597. The molecule has 0 aliphatic carbocycles. The summed E-state index contributed by atoms with van der Waals surface area (Å²) in [5, 5.41) is 4.42. The lowest BCUT2D eigenvalue weighted by Gasteiger charge is -2.11. The van der Waals surface area contributed by atoms with Crippen LogP contribution in [0.1, 0.15) is 5.56 Å². The first kappa shape index (κ1) is 12.9. The summed E-state index contributed by atoms with van der Waals surface area (Å²) in [6, 6.07) is 8.91. The molecule has 2 rings (SSSR count). The Balaban J connectivity index is 2.34. The molecule has 5 heteroatoms. The van der Waals surface area contributed by atoms with Gasteiger partial charge in [0, 0.05) is 10.7 Å². The number of nitrogen functional groups attached to an aromatic ring is 2. The van der Waals surface area contributed by atoms with Gasteiger partial charge in [-0.25, -0.2) is 0 Å². The zero-order chi connectivity index (χ0) is 13.3. The number of nitrogens with two attached hydrogens (primary N) is 2. The van der Waals surface area contributed by atoms with Crippen LogP contribution in [0, 0.1) is 6.92 Å². The summed E-state index contributed by atoms with van der Waals surface area (Å²) in [6.07, 6.45) is 0. The average molecular weight is 282 g/mol. The molecule has 2 aromatic rings. The summed E-state index contributed by atoms with van der Waals surface area (Å²) < 4.78 is 0. The summed E-state index contributed by atoms with van der Waals surface area (Å²) in [5.41, 5.74) is 14.9. The van der Waals surface area contributed by atoms with Crippen molar-refractivity contribution in [2.24, 2.45) is 0 Å². The van der Waals surface area contributed by atoms with Gasteiger partial charge in [0.25, 0.3) is 0 Å². The highest BCUT2D eigenvalue weighted by Gasteiger charge is 2.05. The molecule has 18 heavy (non-hydrogen) atoms. The highest BCUT2D eigenvalue weighted by Crippen LogP contribution is 2.32. The van der Waals surface area contributed by atoms with E-state index in [0.29, 0.717) is 21.4 Å². The normalized spacial score (nSPS) is 10.4. The van der Waals surface area contributed by atoms with Crippen molar-refractivity contribution < 1.29 is 0 Å². The van der Waals surface area contributed by atoms with Gasteiger partial charge in [-0.05, 0) is 42.8 Å². The van der Waals surface area contributed by atoms with E-state index in [0.717, 1.165) is 16.9 Å². The van der Waals surface area contributed by atoms with E-state index in [-0.39, 0.29) is 0 Å². The fourth-order valence-corrected chi connectivity index (χ4v) is 1.98. The SMILES string of the molecule is Cc1cc(Cl)c(Nc2ccc(N)c(N)c2)cc1Cl. The van der Waals surface area contributed by atoms with Gasteiger partial charge >= 0.3 is 0 Å². The Hall–Kier alpha value is -1.58. The van der Waals surface area contributed by atoms with E-state index in [2.05, 4.69) is 5.32 Å². The molecule has 0 bridgehead atoms. The van der Waals surface area contributed by atoms with Crippen LogP contribution in [0.25, 0.3) is 0 Å². The van der Waals surface area contributed by atoms with Gasteiger partial charge in [-0.3, -0.25) is 0 Å². The number of hydrogen-bond donors (Lipinski definition) is 3. The summed E-state index contributed by atoms with van der Waals surface area (Å²) in [5.74, 6) is 0. The molecule has 0 aliphatic heterocycles. The molecule has 0 aliphatic rings. The predicted molar refractivity (Wildman–Crippen MR) is 79.7 cm³/mol. The molecule has 0 fully saturated rings. The predicted octanol–water partition coefficient (Wildman–Crippen LogP) is 4.21. The zero-order valence-electron chi connectivity index (χ0n) is 9.80. The quantitative estimate of drug-likeness (QED) is 0.723. The molecule has 94 valence electrons. The lowest BCUT2D eigenvalue weighted by molar-refractivity contribution is 1.45. The van der Waals surface area contributed by atoms with Gasteiger partial charge in [-0.2, -0.15) is 0 Å². The van der Waals surface area contributed by atoms with E-state index < -0.39 is 0 Å². The Morgan fingerprint density at radius 1 is 0.944 bits per heavy atom. The van der Waals surface area contributed by atoms with E-state index in [1.807, 2.05) is 19.1 Å². The first-order valence-corrected chi connectivity index (χ1v) is 6.10. The summed E-state index contributed by atoms with van der Waals surface area (Å²) >= 11 is 12.2. The number of aryl methyl sites for hydroxylation is 1. The van der Waals surface area contributed by atoms with Crippen LogP contribution in [0.15, 0.2) is 30.3 Å². The number of benzene rings is 2. The summed E-state index contributed by atoms with van der Waals surface area (Å²) in [6.45, 7) is 1.90. The van der Waals surface area contributed by atoms with Gasteiger partial charge in [0.15, 0.2) is 0 Å². The smallest absolute Gasteiger partial charge is 0.0644 e. The monoisotopic (exact) mass is 281 g/mol. The Morgan fingerprint density at radius 3 is 2.33 bits per heavy atom. The van der Waals surface area contributed by atoms with Crippen LogP contribution in [-0.2, 0) is 0 Å². The molecule has 0 aromatic heterocycles. The minimum absolute atomic E-state index is 0.523.